The Hall–Kier alpha value is 0.620. The van der Waals surface area contributed by atoms with Crippen LogP contribution in [0.3, 0.4) is 0 Å². The Morgan fingerprint density at radius 3 is 2.70 bits per heavy atom. The van der Waals surface area contributed by atoms with Gasteiger partial charge in [0.05, 0.1) is 12.3 Å². The molecule has 0 amide bonds. The molecule has 0 aliphatic carbocycles. The predicted molar refractivity (Wildman–Crippen MR) is 55.1 cm³/mol. The van der Waals surface area contributed by atoms with Crippen LogP contribution in [0.25, 0.3) is 10.1 Å². The van der Waals surface area contributed by atoms with Crippen molar-refractivity contribution >= 4 is 64.6 Å². The van der Waals surface area contributed by atoms with Crippen molar-refractivity contribution in [3.05, 3.63) is 19.0 Å². The van der Waals surface area contributed by atoms with Crippen LogP contribution in [-0.2, 0) is 0 Å². The molecule has 0 atom stereocenters. The number of fused-ring (bicyclic) bond motifs is 1. The molecule has 0 aliphatic rings. The number of thiophene rings is 2. The molecular weight excluding hydrogens is 296 g/mol. The first-order valence-corrected chi connectivity index (χ1v) is 5.88. The summed E-state index contributed by atoms with van der Waals surface area (Å²) < 4.78 is 3.79. The van der Waals surface area contributed by atoms with E-state index in [0.29, 0.717) is 0 Å². The highest BCUT2D eigenvalue weighted by Crippen LogP contribution is 2.41. The maximum atomic E-state index is 3.50. The summed E-state index contributed by atoms with van der Waals surface area (Å²) in [4.78, 5) is 0. The molecule has 0 spiro atoms. The van der Waals surface area contributed by atoms with Gasteiger partial charge in [-0.05, 0) is 43.3 Å². The van der Waals surface area contributed by atoms with E-state index in [-0.39, 0.29) is 0 Å². The average molecular weight is 298 g/mol. The molecule has 0 aliphatic heterocycles. The molecule has 0 aromatic carbocycles. The minimum absolute atomic E-state index is 1.22. The number of hydrogen-bond donors (Lipinski definition) is 0. The van der Waals surface area contributed by atoms with E-state index in [2.05, 4.69) is 43.3 Å². The SMILES string of the molecule is Brc1sc(Br)c2sccc12. The molecule has 0 N–H and O–H groups in total. The van der Waals surface area contributed by atoms with E-state index in [4.69, 9.17) is 0 Å². The van der Waals surface area contributed by atoms with Gasteiger partial charge in [0.15, 0.2) is 0 Å². The second-order valence-electron chi connectivity index (χ2n) is 1.81. The standard InChI is InChI=1S/C6H2Br2S2/c7-5-3-1-2-9-4(3)6(8)10-5/h1-2H. The average Bonchev–Trinajstić information content (AvgIpc) is 2.39. The van der Waals surface area contributed by atoms with Crippen molar-refractivity contribution in [2.45, 2.75) is 0 Å². The lowest BCUT2D eigenvalue weighted by molar-refractivity contribution is 2.13. The van der Waals surface area contributed by atoms with Gasteiger partial charge in [0, 0.05) is 5.39 Å². The lowest BCUT2D eigenvalue weighted by Gasteiger charge is -1.73. The van der Waals surface area contributed by atoms with Crippen LogP contribution in [0.4, 0.5) is 0 Å². The van der Waals surface area contributed by atoms with Crippen molar-refractivity contribution in [1.82, 2.24) is 0 Å². The molecule has 0 unspecified atom stereocenters. The van der Waals surface area contributed by atoms with Crippen LogP contribution in [-0.4, -0.2) is 0 Å². The maximum Gasteiger partial charge on any atom is 0.0888 e. The first kappa shape index (κ1) is 7.28. The van der Waals surface area contributed by atoms with E-state index in [1.807, 2.05) is 0 Å². The van der Waals surface area contributed by atoms with Gasteiger partial charge in [-0.3, -0.25) is 0 Å². The molecule has 2 aromatic heterocycles. The summed E-state index contributed by atoms with van der Waals surface area (Å²) in [5.74, 6) is 0. The Kier molecular flexibility index (Phi) is 1.88. The minimum Gasteiger partial charge on any atom is -0.142 e. The Morgan fingerprint density at radius 1 is 1.20 bits per heavy atom. The van der Waals surface area contributed by atoms with E-state index < -0.39 is 0 Å². The van der Waals surface area contributed by atoms with E-state index in [1.165, 1.54) is 17.7 Å². The van der Waals surface area contributed by atoms with E-state index in [0.717, 1.165) is 0 Å². The molecule has 0 saturated carbocycles. The minimum atomic E-state index is 1.22. The largest absolute Gasteiger partial charge is 0.142 e. The number of hydrogen-bond acceptors (Lipinski definition) is 2. The van der Waals surface area contributed by atoms with Crippen molar-refractivity contribution in [2.75, 3.05) is 0 Å². The van der Waals surface area contributed by atoms with Gasteiger partial charge < -0.3 is 0 Å². The van der Waals surface area contributed by atoms with Gasteiger partial charge in [0.1, 0.15) is 0 Å². The fourth-order valence-electron chi connectivity index (χ4n) is 0.796. The molecule has 10 heavy (non-hydrogen) atoms. The topological polar surface area (TPSA) is 0 Å². The molecule has 0 fully saturated rings. The third-order valence-electron chi connectivity index (χ3n) is 1.23. The summed E-state index contributed by atoms with van der Waals surface area (Å²) in [6, 6.07) is 2.13. The normalized spacial score (nSPS) is 11.0. The molecule has 0 radical (unpaired) electrons. The highest BCUT2D eigenvalue weighted by atomic mass is 79.9. The van der Waals surface area contributed by atoms with Crippen LogP contribution >= 0.6 is 54.5 Å². The van der Waals surface area contributed by atoms with Crippen LogP contribution in [0.2, 0.25) is 0 Å². The molecule has 2 rings (SSSR count). The summed E-state index contributed by atoms with van der Waals surface area (Å²) >= 11 is 10.5. The smallest absolute Gasteiger partial charge is 0.0888 e. The molecule has 0 bridgehead atoms. The summed E-state index contributed by atoms with van der Waals surface area (Å²) in [6.07, 6.45) is 0. The fourth-order valence-corrected chi connectivity index (χ4v) is 5.08. The molecule has 2 heterocycles. The zero-order chi connectivity index (χ0) is 7.14. The second kappa shape index (κ2) is 2.59. The second-order valence-corrected chi connectivity index (χ2v) is 6.39. The van der Waals surface area contributed by atoms with Gasteiger partial charge in [-0.2, -0.15) is 0 Å². The quantitative estimate of drug-likeness (QED) is 0.672. The first-order chi connectivity index (χ1) is 4.79. The molecule has 4 heteroatoms. The van der Waals surface area contributed by atoms with Crippen molar-refractivity contribution in [2.24, 2.45) is 0 Å². The number of halogens is 2. The predicted octanol–water partition coefficient (Wildman–Crippen LogP) is 4.49. The van der Waals surface area contributed by atoms with Crippen molar-refractivity contribution in [3.8, 4) is 0 Å². The lowest BCUT2D eigenvalue weighted by Crippen LogP contribution is -1.45. The highest BCUT2D eigenvalue weighted by Gasteiger charge is 2.06. The Bertz CT molecular complexity index is 329. The fraction of sp³-hybridized carbons (Fsp3) is 0. The monoisotopic (exact) mass is 296 g/mol. The molecule has 2 aromatic rings. The Labute approximate surface area is 83.1 Å². The van der Waals surface area contributed by atoms with Crippen LogP contribution < -0.4 is 0 Å². The van der Waals surface area contributed by atoms with Gasteiger partial charge in [-0.15, -0.1) is 22.7 Å². The van der Waals surface area contributed by atoms with E-state index in [1.54, 1.807) is 22.7 Å². The van der Waals surface area contributed by atoms with Crippen LogP contribution in [0.15, 0.2) is 19.0 Å². The third kappa shape index (κ3) is 0.978. The number of rotatable bonds is 0. The summed E-state index contributed by atoms with van der Waals surface area (Å²) in [5, 5.41) is 3.43. The van der Waals surface area contributed by atoms with Gasteiger partial charge in [0.25, 0.3) is 0 Å². The maximum absolute atomic E-state index is 3.50. The van der Waals surface area contributed by atoms with Crippen LogP contribution in [0, 0.1) is 0 Å². The first-order valence-electron chi connectivity index (χ1n) is 2.60. The molecule has 0 nitrogen and oxygen atoms in total. The van der Waals surface area contributed by atoms with Crippen molar-refractivity contribution < 1.29 is 0 Å². The van der Waals surface area contributed by atoms with Crippen LogP contribution in [0.1, 0.15) is 0 Å². The van der Waals surface area contributed by atoms with Crippen LogP contribution in [0.5, 0.6) is 0 Å². The zero-order valence-electron chi connectivity index (χ0n) is 4.73. The van der Waals surface area contributed by atoms with E-state index >= 15 is 0 Å². The molecule has 52 valence electrons. The van der Waals surface area contributed by atoms with Crippen molar-refractivity contribution in [1.29, 1.82) is 0 Å². The Balaban J connectivity index is 2.98. The highest BCUT2D eigenvalue weighted by molar-refractivity contribution is 9.12. The van der Waals surface area contributed by atoms with Gasteiger partial charge in [-0.1, -0.05) is 0 Å². The van der Waals surface area contributed by atoms with Crippen molar-refractivity contribution in [3.63, 3.8) is 0 Å². The van der Waals surface area contributed by atoms with Gasteiger partial charge in [0.2, 0.25) is 0 Å². The van der Waals surface area contributed by atoms with E-state index in [9.17, 15) is 0 Å². The lowest BCUT2D eigenvalue weighted by atomic mass is 10.4. The van der Waals surface area contributed by atoms with Gasteiger partial charge >= 0.3 is 0 Å². The zero-order valence-corrected chi connectivity index (χ0v) is 9.53. The summed E-state index contributed by atoms with van der Waals surface area (Å²) in [5.41, 5.74) is 0. The third-order valence-corrected chi connectivity index (χ3v) is 5.14. The molecular formula is C6H2Br2S2. The van der Waals surface area contributed by atoms with Gasteiger partial charge in [-0.25, -0.2) is 0 Å². The summed E-state index contributed by atoms with van der Waals surface area (Å²) in [6.45, 7) is 0. The molecule has 0 saturated heterocycles. The Morgan fingerprint density at radius 2 is 2.00 bits per heavy atom. The summed E-state index contributed by atoms with van der Waals surface area (Å²) in [7, 11) is 0.